The van der Waals surface area contributed by atoms with Crippen molar-refractivity contribution >= 4 is 27.9 Å². The SMILES string of the molecule is N#Cc1sc(NC2CCCCC2)c(C(N)=O)c1N. The first kappa shape index (κ1) is 12.7. The third-order valence-corrected chi connectivity index (χ3v) is 4.27. The fraction of sp³-hybridized carbons (Fsp3) is 0.500. The number of nitrogens with one attached hydrogen (secondary N) is 1. The Labute approximate surface area is 110 Å². The van der Waals surface area contributed by atoms with Crippen LogP contribution >= 0.6 is 11.3 Å². The number of carbonyl (C=O) groups excluding carboxylic acids is 1. The number of hydrogen-bond acceptors (Lipinski definition) is 5. The maximum atomic E-state index is 11.4. The van der Waals surface area contributed by atoms with Crippen LogP contribution in [0.2, 0.25) is 0 Å². The number of nitriles is 1. The van der Waals surface area contributed by atoms with E-state index in [0.29, 0.717) is 15.9 Å². The van der Waals surface area contributed by atoms with Gasteiger partial charge in [0.05, 0.1) is 11.3 Å². The summed E-state index contributed by atoms with van der Waals surface area (Å²) in [5.74, 6) is -0.580. The maximum absolute atomic E-state index is 11.4. The van der Waals surface area contributed by atoms with Gasteiger partial charge in [-0.1, -0.05) is 19.3 Å². The molecule has 1 saturated carbocycles. The van der Waals surface area contributed by atoms with Crippen molar-refractivity contribution < 1.29 is 4.79 Å². The van der Waals surface area contributed by atoms with Crippen LogP contribution in [-0.2, 0) is 0 Å². The van der Waals surface area contributed by atoms with Crippen molar-refractivity contribution in [3.63, 3.8) is 0 Å². The second-order valence-electron chi connectivity index (χ2n) is 4.50. The summed E-state index contributed by atoms with van der Waals surface area (Å²) in [6.45, 7) is 0. The Bertz CT molecular complexity index is 497. The summed E-state index contributed by atoms with van der Waals surface area (Å²) in [6.07, 6.45) is 5.80. The number of nitrogens with zero attached hydrogens (tertiary/aromatic N) is 1. The quantitative estimate of drug-likeness (QED) is 0.776. The molecule has 1 amide bonds. The zero-order valence-corrected chi connectivity index (χ0v) is 10.8. The Hall–Kier alpha value is -1.74. The molecule has 1 aliphatic rings. The van der Waals surface area contributed by atoms with Crippen molar-refractivity contribution in [3.8, 4) is 6.07 Å². The largest absolute Gasteiger partial charge is 0.396 e. The Kier molecular flexibility index (Phi) is 3.72. The molecule has 1 aromatic heterocycles. The third kappa shape index (κ3) is 2.41. The van der Waals surface area contributed by atoms with Crippen LogP contribution in [0.3, 0.4) is 0 Å². The van der Waals surface area contributed by atoms with E-state index in [0.717, 1.165) is 12.8 Å². The molecule has 0 bridgehead atoms. The fourth-order valence-electron chi connectivity index (χ4n) is 2.31. The molecule has 0 unspecified atom stereocenters. The molecule has 1 heterocycles. The lowest BCUT2D eigenvalue weighted by molar-refractivity contribution is 0.100. The van der Waals surface area contributed by atoms with E-state index >= 15 is 0 Å². The summed E-state index contributed by atoms with van der Waals surface area (Å²) in [5, 5.41) is 12.9. The normalized spacial score (nSPS) is 16.2. The fourth-order valence-corrected chi connectivity index (χ4v) is 3.31. The van der Waals surface area contributed by atoms with Gasteiger partial charge in [0.1, 0.15) is 15.9 Å². The van der Waals surface area contributed by atoms with E-state index < -0.39 is 5.91 Å². The van der Waals surface area contributed by atoms with Gasteiger partial charge in [-0.15, -0.1) is 11.3 Å². The van der Waals surface area contributed by atoms with E-state index in [1.54, 1.807) is 0 Å². The molecule has 5 nitrogen and oxygen atoms in total. The summed E-state index contributed by atoms with van der Waals surface area (Å²) >= 11 is 1.21. The highest BCUT2D eigenvalue weighted by molar-refractivity contribution is 7.17. The zero-order valence-electron chi connectivity index (χ0n) is 10.0. The van der Waals surface area contributed by atoms with Crippen molar-refractivity contribution in [2.75, 3.05) is 11.1 Å². The number of rotatable bonds is 3. The average Bonchev–Trinajstić information content (AvgIpc) is 2.66. The lowest BCUT2D eigenvalue weighted by Crippen LogP contribution is -2.23. The highest BCUT2D eigenvalue weighted by atomic mass is 32.1. The Morgan fingerprint density at radius 3 is 2.61 bits per heavy atom. The molecule has 5 N–H and O–H groups in total. The number of primary amides is 1. The number of hydrogen-bond donors (Lipinski definition) is 3. The van der Waals surface area contributed by atoms with Crippen LogP contribution in [0.1, 0.15) is 47.3 Å². The summed E-state index contributed by atoms with van der Waals surface area (Å²) < 4.78 is 0. The molecular formula is C12H16N4OS. The Morgan fingerprint density at radius 2 is 2.06 bits per heavy atom. The van der Waals surface area contributed by atoms with Gasteiger partial charge >= 0.3 is 0 Å². The van der Waals surface area contributed by atoms with Gasteiger partial charge in [-0.3, -0.25) is 4.79 Å². The number of thiophene rings is 1. The van der Waals surface area contributed by atoms with Gasteiger partial charge in [-0.05, 0) is 12.8 Å². The molecule has 1 aliphatic carbocycles. The van der Waals surface area contributed by atoms with Crippen molar-refractivity contribution in [3.05, 3.63) is 10.4 Å². The molecule has 1 fully saturated rings. The highest BCUT2D eigenvalue weighted by Crippen LogP contribution is 2.36. The number of carbonyl (C=O) groups is 1. The topological polar surface area (TPSA) is 105 Å². The molecule has 0 aromatic carbocycles. The Balaban J connectivity index is 2.26. The minimum Gasteiger partial charge on any atom is -0.396 e. The van der Waals surface area contributed by atoms with E-state index in [9.17, 15) is 4.79 Å². The molecule has 96 valence electrons. The van der Waals surface area contributed by atoms with Crippen LogP contribution in [0.25, 0.3) is 0 Å². The molecule has 18 heavy (non-hydrogen) atoms. The average molecular weight is 264 g/mol. The highest BCUT2D eigenvalue weighted by Gasteiger charge is 2.22. The van der Waals surface area contributed by atoms with Gasteiger partial charge in [-0.25, -0.2) is 0 Å². The zero-order chi connectivity index (χ0) is 13.1. The van der Waals surface area contributed by atoms with E-state index in [-0.39, 0.29) is 11.3 Å². The van der Waals surface area contributed by atoms with Crippen molar-refractivity contribution in [1.82, 2.24) is 0 Å². The van der Waals surface area contributed by atoms with Crippen LogP contribution in [0.5, 0.6) is 0 Å². The molecule has 0 spiro atoms. The van der Waals surface area contributed by atoms with Gasteiger partial charge in [0, 0.05) is 6.04 Å². The lowest BCUT2D eigenvalue weighted by atomic mass is 9.95. The maximum Gasteiger partial charge on any atom is 0.253 e. The second-order valence-corrected chi connectivity index (χ2v) is 5.52. The van der Waals surface area contributed by atoms with Gasteiger partial charge in [0.25, 0.3) is 5.91 Å². The molecule has 0 saturated heterocycles. The minimum absolute atomic E-state index is 0.202. The van der Waals surface area contributed by atoms with Gasteiger partial charge in [0.2, 0.25) is 0 Å². The molecule has 1 aromatic rings. The first-order valence-electron chi connectivity index (χ1n) is 6.02. The predicted octanol–water partition coefficient (Wildman–Crippen LogP) is 2.05. The van der Waals surface area contributed by atoms with Crippen molar-refractivity contribution in [1.29, 1.82) is 5.26 Å². The number of nitrogen functional groups attached to an aromatic ring is 1. The first-order valence-corrected chi connectivity index (χ1v) is 6.83. The summed E-state index contributed by atoms with van der Waals surface area (Å²) in [5.41, 5.74) is 11.6. The minimum atomic E-state index is -0.580. The summed E-state index contributed by atoms with van der Waals surface area (Å²) in [4.78, 5) is 11.8. The molecule has 0 atom stereocenters. The monoisotopic (exact) mass is 264 g/mol. The van der Waals surface area contributed by atoms with Gasteiger partial charge in [0.15, 0.2) is 0 Å². The number of nitrogens with two attached hydrogens (primary N) is 2. The van der Waals surface area contributed by atoms with Crippen molar-refractivity contribution in [2.45, 2.75) is 38.1 Å². The van der Waals surface area contributed by atoms with E-state index in [4.69, 9.17) is 16.7 Å². The van der Waals surface area contributed by atoms with E-state index in [1.165, 1.54) is 30.6 Å². The molecule has 0 aliphatic heterocycles. The van der Waals surface area contributed by atoms with Crippen LogP contribution in [0.4, 0.5) is 10.7 Å². The van der Waals surface area contributed by atoms with E-state index in [2.05, 4.69) is 5.32 Å². The number of anilines is 2. The van der Waals surface area contributed by atoms with E-state index in [1.807, 2.05) is 6.07 Å². The van der Waals surface area contributed by atoms with Crippen LogP contribution in [0.15, 0.2) is 0 Å². The third-order valence-electron chi connectivity index (χ3n) is 3.23. The van der Waals surface area contributed by atoms with Gasteiger partial charge in [-0.2, -0.15) is 5.26 Å². The standard InChI is InChI=1S/C12H16N4OS/c13-6-8-10(14)9(11(15)17)12(18-8)16-7-4-2-1-3-5-7/h7,16H,1-5,14H2,(H2,15,17). The second kappa shape index (κ2) is 5.27. The molecule has 0 radical (unpaired) electrons. The smallest absolute Gasteiger partial charge is 0.253 e. The Morgan fingerprint density at radius 1 is 1.39 bits per heavy atom. The van der Waals surface area contributed by atoms with Crippen LogP contribution in [-0.4, -0.2) is 11.9 Å². The lowest BCUT2D eigenvalue weighted by Gasteiger charge is -2.23. The molecule has 2 rings (SSSR count). The molecular weight excluding hydrogens is 248 g/mol. The summed E-state index contributed by atoms with van der Waals surface area (Å²) in [6, 6.07) is 2.34. The number of amides is 1. The first-order chi connectivity index (χ1) is 8.63. The molecule has 6 heteroatoms. The summed E-state index contributed by atoms with van der Waals surface area (Å²) in [7, 11) is 0. The van der Waals surface area contributed by atoms with Crippen LogP contribution in [0, 0.1) is 11.3 Å². The van der Waals surface area contributed by atoms with Crippen molar-refractivity contribution in [2.24, 2.45) is 5.73 Å². The van der Waals surface area contributed by atoms with Gasteiger partial charge < -0.3 is 16.8 Å². The van der Waals surface area contributed by atoms with Crippen LogP contribution < -0.4 is 16.8 Å². The predicted molar refractivity (Wildman–Crippen MR) is 72.5 cm³/mol.